The molecule has 0 rings (SSSR count). The molecule has 6 heteroatoms. The molecule has 0 heterocycles. The molecule has 3 nitrogen and oxygen atoms in total. The van der Waals surface area contributed by atoms with E-state index in [0.717, 1.165) is 17.4 Å². The number of rotatable bonds is 0. The molecule has 0 aliphatic rings. The van der Waals surface area contributed by atoms with Gasteiger partial charge in [0.1, 0.15) is 0 Å². The van der Waals surface area contributed by atoms with Crippen LogP contribution < -0.4 is 0 Å². The van der Waals surface area contributed by atoms with E-state index in [0.29, 0.717) is 39.6 Å². The first kappa shape index (κ1) is 15.7. The Kier molecular flexibility index (Phi) is 258. The first-order chi connectivity index (χ1) is 3.00. The topological polar surface area (TPSA) is 51.2 Å². The van der Waals surface area contributed by atoms with E-state index in [2.05, 4.69) is 0 Å². The molecule has 35 valence electrons. The van der Waals surface area contributed by atoms with Crippen LogP contribution in [0.15, 0.2) is 0 Å². The molecular formula is MoO3VW. The molecule has 6 heavy (non-hydrogen) atoms. The number of hydrogen-bond donors (Lipinski definition) is 0. The summed E-state index contributed by atoms with van der Waals surface area (Å²) < 4.78 is 24.8. The summed E-state index contributed by atoms with van der Waals surface area (Å²) in [6, 6.07) is 0. The zero-order valence-electron chi connectivity index (χ0n) is 2.49. The first-order valence-electron chi connectivity index (χ1n) is 0.516. The van der Waals surface area contributed by atoms with Gasteiger partial charge in [0.15, 0.2) is 0 Å². The van der Waals surface area contributed by atoms with Crippen molar-refractivity contribution in [3.05, 3.63) is 0 Å². The normalized spacial score (nSPS) is 1.83. The van der Waals surface area contributed by atoms with Gasteiger partial charge in [-0.1, -0.05) is 0 Å². The van der Waals surface area contributed by atoms with Crippen LogP contribution in [0.1, 0.15) is 0 Å². The van der Waals surface area contributed by atoms with Gasteiger partial charge < -0.3 is 0 Å². The van der Waals surface area contributed by atoms with Gasteiger partial charge >= 0.3 is 67.4 Å². The van der Waals surface area contributed by atoms with Crippen LogP contribution in [0.2, 0.25) is 0 Å². The van der Waals surface area contributed by atoms with Crippen LogP contribution in [0.3, 0.4) is 0 Å². The van der Waals surface area contributed by atoms with Crippen LogP contribution in [0.4, 0.5) is 0 Å². The van der Waals surface area contributed by atoms with E-state index in [-0.39, 0.29) is 0 Å². The Morgan fingerprint density at radius 1 is 1.17 bits per heavy atom. The third-order valence-corrected chi connectivity index (χ3v) is 0. The molecule has 0 unspecified atom stereocenters. The van der Waals surface area contributed by atoms with Crippen molar-refractivity contribution in [2.75, 3.05) is 0 Å². The predicted molar refractivity (Wildman–Crippen MR) is 2.06 cm³/mol. The van der Waals surface area contributed by atoms with Crippen molar-refractivity contribution >= 4 is 0 Å². The molecule has 0 aliphatic heterocycles. The van der Waals surface area contributed by atoms with Gasteiger partial charge in [0, 0.05) is 0 Å². The maximum atomic E-state index is 8.33. The fourth-order valence-electron chi connectivity index (χ4n) is 0. The minimum absolute atomic E-state index is 0.333. The Balaban J connectivity index is -0.0000000225. The summed E-state index contributed by atoms with van der Waals surface area (Å²) in [5.41, 5.74) is 0. The summed E-state index contributed by atoms with van der Waals surface area (Å²) in [4.78, 5) is 0. The van der Waals surface area contributed by atoms with Crippen LogP contribution in [0.5, 0.6) is 0 Å². The zero-order chi connectivity index (χ0) is 6.00. The van der Waals surface area contributed by atoms with Crippen molar-refractivity contribution in [2.45, 2.75) is 0 Å². The second-order valence-electron chi connectivity index (χ2n) is 0. The molecular weight excluding hydrogens is 379 g/mol. The van der Waals surface area contributed by atoms with E-state index >= 15 is 0 Å². The second-order valence-corrected chi connectivity index (χ2v) is 0. The van der Waals surface area contributed by atoms with E-state index in [1.807, 2.05) is 0 Å². The van der Waals surface area contributed by atoms with Gasteiger partial charge in [0.05, 0.1) is 0 Å². The SMILES string of the molecule is [O]=[Mo].[O]=[V].[O]=[W]. The monoisotopic (exact) mass is 381 g/mol. The van der Waals surface area contributed by atoms with Crippen molar-refractivity contribution in [2.24, 2.45) is 0 Å². The van der Waals surface area contributed by atoms with Crippen molar-refractivity contribution in [1.82, 2.24) is 0 Å². The van der Waals surface area contributed by atoms with Crippen LogP contribution >= 0.6 is 0 Å². The molecule has 0 amide bonds. The van der Waals surface area contributed by atoms with E-state index < -0.39 is 0 Å². The molecule has 0 bridgehead atoms. The first-order valence-corrected chi connectivity index (χ1v) is 3.10. The van der Waals surface area contributed by atoms with Crippen LogP contribution in [0.25, 0.3) is 0 Å². The molecule has 0 fully saturated rings. The van der Waals surface area contributed by atoms with Gasteiger partial charge in [0.2, 0.25) is 0 Å². The molecule has 0 aliphatic carbocycles. The molecule has 0 aromatic carbocycles. The number of hydrogen-bond acceptors (Lipinski definition) is 3. The van der Waals surface area contributed by atoms with Crippen molar-refractivity contribution < 1.29 is 67.4 Å². The van der Waals surface area contributed by atoms with Crippen molar-refractivity contribution in [3.8, 4) is 0 Å². The molecule has 0 spiro atoms. The van der Waals surface area contributed by atoms with Crippen LogP contribution in [0, 0.1) is 0 Å². The molecule has 0 saturated heterocycles. The van der Waals surface area contributed by atoms with Gasteiger partial charge in [0.25, 0.3) is 0 Å². The van der Waals surface area contributed by atoms with E-state index in [1.165, 1.54) is 0 Å². The molecule has 0 saturated carbocycles. The minimum atomic E-state index is 0.333. The van der Waals surface area contributed by atoms with E-state index in [9.17, 15) is 0 Å². The third-order valence-electron chi connectivity index (χ3n) is 0. The third kappa shape index (κ3) is 55.0. The zero-order valence-corrected chi connectivity index (χ0v) is 8.83. The summed E-state index contributed by atoms with van der Waals surface area (Å²) in [7, 11) is 0. The van der Waals surface area contributed by atoms with Crippen LogP contribution in [-0.2, 0) is 67.4 Å². The van der Waals surface area contributed by atoms with Gasteiger partial charge in [-0.2, -0.15) is 0 Å². The van der Waals surface area contributed by atoms with Gasteiger partial charge in [-0.05, 0) is 0 Å². The maximum absolute atomic E-state index is 8.33. The Labute approximate surface area is 66.9 Å². The predicted octanol–water partition coefficient (Wildman–Crippen LogP) is -0.364. The van der Waals surface area contributed by atoms with Crippen molar-refractivity contribution in [1.29, 1.82) is 0 Å². The van der Waals surface area contributed by atoms with E-state index in [1.54, 1.807) is 0 Å². The fourth-order valence-corrected chi connectivity index (χ4v) is 0. The standard InChI is InChI=1S/Mo.3O.V.W. The van der Waals surface area contributed by atoms with E-state index in [4.69, 9.17) is 10.5 Å². The fraction of sp³-hybridized carbons (Fsp3) is 0. The van der Waals surface area contributed by atoms with Gasteiger partial charge in [-0.3, -0.25) is 0 Å². The quantitative estimate of drug-likeness (QED) is 0.541. The molecule has 0 aromatic rings. The Bertz CT molecular complexity index is 15.5. The molecule has 0 radical (unpaired) electrons. The van der Waals surface area contributed by atoms with Gasteiger partial charge in [-0.15, -0.1) is 0 Å². The second kappa shape index (κ2) is 98.7. The van der Waals surface area contributed by atoms with Gasteiger partial charge in [-0.25, -0.2) is 0 Å². The summed E-state index contributed by atoms with van der Waals surface area (Å²) in [5.74, 6) is 0. The molecule has 0 N–H and O–H groups in total. The summed E-state index contributed by atoms with van der Waals surface area (Å²) in [6.45, 7) is 0. The molecule has 0 atom stereocenters. The molecule has 0 aromatic heterocycles. The van der Waals surface area contributed by atoms with Crippen molar-refractivity contribution in [3.63, 3.8) is 0 Å². The average Bonchev–Trinajstić information content (AvgIpc) is 1.81. The Hall–Kier alpha value is 1.36. The van der Waals surface area contributed by atoms with Crippen LogP contribution in [-0.4, -0.2) is 0 Å². The summed E-state index contributed by atoms with van der Waals surface area (Å²) in [5, 5.41) is 0. The summed E-state index contributed by atoms with van der Waals surface area (Å²) >= 11 is 2.10. The Morgan fingerprint density at radius 3 is 1.17 bits per heavy atom. The summed E-state index contributed by atoms with van der Waals surface area (Å²) in [6.07, 6.45) is 0. The Morgan fingerprint density at radius 2 is 1.17 bits per heavy atom. The average molecular weight is 379 g/mol.